The largest absolute Gasteiger partial charge is 0.342 e. The van der Waals surface area contributed by atoms with Gasteiger partial charge in [-0.2, -0.15) is 0 Å². The molecule has 7 nitrogen and oxygen atoms in total. The maximum atomic E-state index is 13.1. The highest BCUT2D eigenvalue weighted by Gasteiger charge is 2.20. The predicted molar refractivity (Wildman–Crippen MR) is 121 cm³/mol. The molecule has 3 aromatic rings. The Balaban J connectivity index is 1.61. The van der Waals surface area contributed by atoms with E-state index in [4.69, 9.17) is 0 Å². The number of amides is 2. The van der Waals surface area contributed by atoms with E-state index in [0.29, 0.717) is 28.8 Å². The summed E-state index contributed by atoms with van der Waals surface area (Å²) in [7, 11) is 0. The molecule has 162 valence electrons. The third kappa shape index (κ3) is 6.14. The van der Waals surface area contributed by atoms with Crippen molar-refractivity contribution in [1.29, 1.82) is 0 Å². The van der Waals surface area contributed by atoms with E-state index in [1.165, 1.54) is 36.0 Å². The first-order valence-electron chi connectivity index (χ1n) is 9.55. The number of rotatable bonds is 8. The second-order valence-corrected chi connectivity index (χ2v) is 8.49. The molecule has 2 aromatic carbocycles. The van der Waals surface area contributed by atoms with E-state index in [1.807, 2.05) is 35.8 Å². The first kappa shape index (κ1) is 23.0. The third-order valence-electron chi connectivity index (χ3n) is 4.36. The fraction of sp³-hybridized carbons (Fsp3) is 0.238. The molecule has 1 heterocycles. The minimum atomic E-state index is -0.420. The minimum absolute atomic E-state index is 0.155. The number of benzene rings is 2. The minimum Gasteiger partial charge on any atom is -0.342 e. The molecule has 10 heteroatoms. The molecule has 0 saturated heterocycles. The van der Waals surface area contributed by atoms with Gasteiger partial charge in [0.2, 0.25) is 5.91 Å². The first-order valence-corrected chi connectivity index (χ1v) is 11.3. The standard InChI is InChI=1S/C21H21BrFN5O2S/c1-3-28-19(13(2)24-20(30)14-4-8-16(23)9-5-14)26-27-21(28)31-12-18(29)25-17-10-6-15(22)7-11-17/h4-11,13H,3,12H2,1-2H3,(H,24,30)(H,25,29). The summed E-state index contributed by atoms with van der Waals surface area (Å²) in [5.74, 6) is -0.141. The average molecular weight is 506 g/mol. The Bertz CT molecular complexity index is 1060. The van der Waals surface area contributed by atoms with Gasteiger partial charge < -0.3 is 15.2 Å². The molecule has 0 radical (unpaired) electrons. The maximum Gasteiger partial charge on any atom is 0.251 e. The second-order valence-electron chi connectivity index (χ2n) is 6.63. The molecular weight excluding hydrogens is 485 g/mol. The van der Waals surface area contributed by atoms with Crippen molar-refractivity contribution in [3.05, 3.63) is 70.2 Å². The van der Waals surface area contributed by atoms with E-state index < -0.39 is 11.9 Å². The molecule has 0 aliphatic rings. The predicted octanol–water partition coefficient (Wildman–Crippen LogP) is 4.42. The van der Waals surface area contributed by atoms with Crippen LogP contribution in [0.4, 0.5) is 10.1 Å². The lowest BCUT2D eigenvalue weighted by atomic mass is 10.2. The Morgan fingerprint density at radius 2 is 1.81 bits per heavy atom. The Hall–Kier alpha value is -2.72. The van der Waals surface area contributed by atoms with Gasteiger partial charge in [0.1, 0.15) is 5.82 Å². The molecule has 1 atom stereocenters. The fourth-order valence-corrected chi connectivity index (χ4v) is 3.90. The quantitative estimate of drug-likeness (QED) is 0.442. The molecule has 0 aliphatic carbocycles. The monoisotopic (exact) mass is 505 g/mol. The smallest absolute Gasteiger partial charge is 0.251 e. The van der Waals surface area contributed by atoms with Crippen molar-refractivity contribution in [2.45, 2.75) is 31.6 Å². The van der Waals surface area contributed by atoms with Gasteiger partial charge in [0, 0.05) is 22.3 Å². The van der Waals surface area contributed by atoms with Crippen LogP contribution in [0.3, 0.4) is 0 Å². The highest BCUT2D eigenvalue weighted by Crippen LogP contribution is 2.21. The molecule has 1 aromatic heterocycles. The fourth-order valence-electron chi connectivity index (χ4n) is 2.83. The molecule has 2 amide bonds. The molecule has 1 unspecified atom stereocenters. The number of nitrogens with one attached hydrogen (secondary N) is 2. The zero-order valence-corrected chi connectivity index (χ0v) is 19.3. The van der Waals surface area contributed by atoms with Crippen LogP contribution in [-0.2, 0) is 11.3 Å². The van der Waals surface area contributed by atoms with Crippen molar-refractivity contribution in [1.82, 2.24) is 20.1 Å². The molecule has 31 heavy (non-hydrogen) atoms. The van der Waals surface area contributed by atoms with Gasteiger partial charge in [-0.15, -0.1) is 10.2 Å². The van der Waals surface area contributed by atoms with Gasteiger partial charge in [-0.3, -0.25) is 9.59 Å². The number of hydrogen-bond donors (Lipinski definition) is 2. The summed E-state index contributed by atoms with van der Waals surface area (Å²) in [6.07, 6.45) is 0. The number of thioether (sulfide) groups is 1. The molecule has 0 aliphatic heterocycles. The first-order chi connectivity index (χ1) is 14.9. The Morgan fingerprint density at radius 3 is 2.45 bits per heavy atom. The van der Waals surface area contributed by atoms with E-state index in [9.17, 15) is 14.0 Å². The van der Waals surface area contributed by atoms with Crippen molar-refractivity contribution < 1.29 is 14.0 Å². The summed E-state index contributed by atoms with van der Waals surface area (Å²) in [6, 6.07) is 12.2. The average Bonchev–Trinajstić information content (AvgIpc) is 3.17. The topological polar surface area (TPSA) is 88.9 Å². The van der Waals surface area contributed by atoms with E-state index in [0.717, 1.165) is 4.47 Å². The molecule has 0 bridgehead atoms. The van der Waals surface area contributed by atoms with E-state index >= 15 is 0 Å². The zero-order valence-electron chi connectivity index (χ0n) is 16.9. The number of halogens is 2. The highest BCUT2D eigenvalue weighted by atomic mass is 79.9. The number of hydrogen-bond acceptors (Lipinski definition) is 5. The van der Waals surface area contributed by atoms with Crippen LogP contribution in [0.15, 0.2) is 58.2 Å². The van der Waals surface area contributed by atoms with Crippen molar-refractivity contribution in [3.8, 4) is 0 Å². The van der Waals surface area contributed by atoms with Crippen LogP contribution >= 0.6 is 27.7 Å². The molecule has 0 spiro atoms. The number of carbonyl (C=O) groups excluding carboxylic acids is 2. The van der Waals surface area contributed by atoms with Crippen LogP contribution in [0.1, 0.15) is 36.1 Å². The molecular formula is C21H21BrFN5O2S. The van der Waals surface area contributed by atoms with Crippen LogP contribution in [0.5, 0.6) is 0 Å². The van der Waals surface area contributed by atoms with Gasteiger partial charge >= 0.3 is 0 Å². The van der Waals surface area contributed by atoms with E-state index in [1.54, 1.807) is 6.92 Å². The summed E-state index contributed by atoms with van der Waals surface area (Å²) in [5.41, 5.74) is 1.07. The lowest BCUT2D eigenvalue weighted by Crippen LogP contribution is -2.28. The molecule has 0 fully saturated rings. The number of aromatic nitrogens is 3. The van der Waals surface area contributed by atoms with Crippen LogP contribution < -0.4 is 10.6 Å². The zero-order chi connectivity index (χ0) is 22.4. The van der Waals surface area contributed by atoms with Gasteiger partial charge in [-0.1, -0.05) is 27.7 Å². The Kier molecular flexibility index (Phi) is 7.80. The SMILES string of the molecule is CCn1c(SCC(=O)Nc2ccc(Br)cc2)nnc1C(C)NC(=O)c1ccc(F)cc1. The lowest BCUT2D eigenvalue weighted by Gasteiger charge is -2.15. The summed E-state index contributed by atoms with van der Waals surface area (Å²) in [4.78, 5) is 24.7. The molecule has 3 rings (SSSR count). The molecule has 2 N–H and O–H groups in total. The van der Waals surface area contributed by atoms with Crippen LogP contribution in [-0.4, -0.2) is 32.3 Å². The van der Waals surface area contributed by atoms with Crippen molar-refractivity contribution in [2.24, 2.45) is 0 Å². The van der Waals surface area contributed by atoms with Gasteiger partial charge in [0.25, 0.3) is 5.91 Å². The van der Waals surface area contributed by atoms with E-state index in [-0.39, 0.29) is 17.6 Å². The van der Waals surface area contributed by atoms with E-state index in [2.05, 4.69) is 36.8 Å². The lowest BCUT2D eigenvalue weighted by molar-refractivity contribution is -0.113. The summed E-state index contributed by atoms with van der Waals surface area (Å²) < 4.78 is 15.8. The summed E-state index contributed by atoms with van der Waals surface area (Å²) in [5, 5.41) is 14.6. The van der Waals surface area contributed by atoms with Crippen molar-refractivity contribution in [3.63, 3.8) is 0 Å². The highest BCUT2D eigenvalue weighted by molar-refractivity contribution is 9.10. The van der Waals surface area contributed by atoms with Gasteiger partial charge in [0.05, 0.1) is 11.8 Å². The van der Waals surface area contributed by atoms with Gasteiger partial charge in [-0.25, -0.2) is 4.39 Å². The van der Waals surface area contributed by atoms with Gasteiger partial charge in [-0.05, 0) is 62.4 Å². The van der Waals surface area contributed by atoms with Gasteiger partial charge in [0.15, 0.2) is 11.0 Å². The van der Waals surface area contributed by atoms with Crippen LogP contribution in [0, 0.1) is 5.82 Å². The number of anilines is 1. The Labute approximate surface area is 192 Å². The van der Waals surface area contributed by atoms with Crippen molar-refractivity contribution >= 4 is 45.2 Å². The summed E-state index contributed by atoms with van der Waals surface area (Å²) >= 11 is 4.63. The maximum absolute atomic E-state index is 13.1. The second kappa shape index (κ2) is 10.5. The third-order valence-corrected chi connectivity index (χ3v) is 5.86. The normalized spacial score (nSPS) is 11.7. The van der Waals surface area contributed by atoms with Crippen LogP contribution in [0.25, 0.3) is 0 Å². The Morgan fingerprint density at radius 1 is 1.13 bits per heavy atom. The number of nitrogens with zero attached hydrogens (tertiary/aromatic N) is 3. The van der Waals surface area contributed by atoms with Crippen LogP contribution in [0.2, 0.25) is 0 Å². The molecule has 0 saturated carbocycles. The summed E-state index contributed by atoms with van der Waals surface area (Å²) in [6.45, 7) is 4.31. The van der Waals surface area contributed by atoms with Crippen molar-refractivity contribution in [2.75, 3.05) is 11.1 Å². The number of carbonyl (C=O) groups is 2.